The fraction of sp³-hybridized carbons (Fsp3) is 0.0714. The average Bonchev–Trinajstić information content (AvgIpc) is 3.22. The van der Waals surface area contributed by atoms with E-state index in [1.165, 1.54) is 12.1 Å². The second kappa shape index (κ2) is 8.83. The number of carboxylic acid groups (broad SMARTS) is 1. The summed E-state index contributed by atoms with van der Waals surface area (Å²) in [5, 5.41) is 9.62. The molecule has 0 atom stereocenters. The number of aromatic amines is 1. The van der Waals surface area contributed by atoms with E-state index in [9.17, 15) is 14.3 Å². The summed E-state index contributed by atoms with van der Waals surface area (Å²) in [4.78, 5) is 19.2. The van der Waals surface area contributed by atoms with Crippen LogP contribution in [0.3, 0.4) is 0 Å². The Hall–Kier alpha value is -4.45. The summed E-state index contributed by atoms with van der Waals surface area (Å²) in [6.45, 7) is 2.14. The predicted octanol–water partition coefficient (Wildman–Crippen LogP) is 6.62. The third-order valence-corrected chi connectivity index (χ3v) is 5.61. The number of fused-ring (bicyclic) bond motifs is 1. The molecule has 4 aromatic carbocycles. The molecule has 5 nitrogen and oxygen atoms in total. The van der Waals surface area contributed by atoms with Gasteiger partial charge in [-0.2, -0.15) is 0 Å². The van der Waals surface area contributed by atoms with Gasteiger partial charge in [-0.1, -0.05) is 54.6 Å². The molecule has 0 aliphatic heterocycles. The number of nitrogens with zero attached hydrogens (tertiary/aromatic N) is 1. The van der Waals surface area contributed by atoms with Crippen LogP contribution < -0.4 is 4.74 Å². The van der Waals surface area contributed by atoms with Crippen LogP contribution in [-0.4, -0.2) is 21.0 Å². The first kappa shape index (κ1) is 21.4. The van der Waals surface area contributed by atoms with Crippen molar-refractivity contribution in [2.75, 3.05) is 0 Å². The summed E-state index contributed by atoms with van der Waals surface area (Å²) in [6, 6.07) is 25.4. The molecule has 0 aliphatic rings. The van der Waals surface area contributed by atoms with Gasteiger partial charge in [-0.05, 0) is 59.0 Å². The maximum absolute atomic E-state index is 14.3. The summed E-state index contributed by atoms with van der Waals surface area (Å²) >= 11 is 0. The van der Waals surface area contributed by atoms with Gasteiger partial charge in [-0.3, -0.25) is 0 Å². The molecule has 0 amide bonds. The number of aryl methyl sites for hydroxylation is 1. The topological polar surface area (TPSA) is 75.2 Å². The Morgan fingerprint density at radius 2 is 1.59 bits per heavy atom. The number of aromatic nitrogens is 2. The summed E-state index contributed by atoms with van der Waals surface area (Å²) in [5.74, 6) is -0.302. The van der Waals surface area contributed by atoms with Crippen molar-refractivity contribution >= 4 is 17.0 Å². The molecule has 2 N–H and O–H groups in total. The van der Waals surface area contributed by atoms with Gasteiger partial charge in [-0.15, -0.1) is 0 Å². The molecule has 1 aromatic heterocycles. The molecule has 0 saturated carbocycles. The highest BCUT2D eigenvalue weighted by Crippen LogP contribution is 2.31. The Morgan fingerprint density at radius 1 is 0.912 bits per heavy atom. The van der Waals surface area contributed by atoms with Crippen LogP contribution in [0.2, 0.25) is 0 Å². The van der Waals surface area contributed by atoms with Gasteiger partial charge in [0.2, 0.25) is 0 Å². The SMILES string of the molecule is Cc1nc2c(C(=O)O)cc(-c3ccc(-c4cc(F)cc(OCc5ccccc5)c4)cc3)cc2[nH]1. The first-order chi connectivity index (χ1) is 16.5. The third-order valence-electron chi connectivity index (χ3n) is 5.61. The zero-order valence-electron chi connectivity index (χ0n) is 18.4. The van der Waals surface area contributed by atoms with Crippen molar-refractivity contribution in [3.8, 4) is 28.0 Å². The molecule has 1 heterocycles. The molecule has 0 unspecified atom stereocenters. The maximum Gasteiger partial charge on any atom is 0.337 e. The van der Waals surface area contributed by atoms with Crippen LogP contribution in [-0.2, 0) is 6.61 Å². The van der Waals surface area contributed by atoms with Gasteiger partial charge >= 0.3 is 5.97 Å². The number of imidazole rings is 1. The number of carbonyl (C=O) groups is 1. The lowest BCUT2D eigenvalue weighted by Crippen LogP contribution is -1.98. The summed E-state index contributed by atoms with van der Waals surface area (Å²) < 4.78 is 20.1. The van der Waals surface area contributed by atoms with Gasteiger partial charge in [-0.25, -0.2) is 14.2 Å². The number of rotatable bonds is 6. The Balaban J connectivity index is 1.43. The molecule has 5 aromatic rings. The Morgan fingerprint density at radius 3 is 2.26 bits per heavy atom. The van der Waals surface area contributed by atoms with Gasteiger partial charge in [0, 0.05) is 6.07 Å². The Labute approximate surface area is 195 Å². The summed E-state index contributed by atoms with van der Waals surface area (Å²) in [6.07, 6.45) is 0. The molecule has 34 heavy (non-hydrogen) atoms. The van der Waals surface area contributed by atoms with E-state index in [0.717, 1.165) is 22.3 Å². The number of halogens is 1. The van der Waals surface area contributed by atoms with Crippen molar-refractivity contribution < 1.29 is 19.0 Å². The zero-order chi connectivity index (χ0) is 23.7. The molecule has 0 fully saturated rings. The fourth-order valence-corrected chi connectivity index (χ4v) is 3.98. The lowest BCUT2D eigenvalue weighted by Gasteiger charge is -2.10. The molecule has 0 saturated heterocycles. The van der Waals surface area contributed by atoms with Crippen molar-refractivity contribution in [2.45, 2.75) is 13.5 Å². The number of carboxylic acids is 1. The number of hydrogen-bond acceptors (Lipinski definition) is 3. The van der Waals surface area contributed by atoms with E-state index in [0.29, 0.717) is 34.8 Å². The smallest absolute Gasteiger partial charge is 0.337 e. The minimum atomic E-state index is -1.03. The van der Waals surface area contributed by atoms with Crippen LogP contribution >= 0.6 is 0 Å². The van der Waals surface area contributed by atoms with Crippen molar-refractivity contribution in [1.29, 1.82) is 0 Å². The third kappa shape index (κ3) is 4.38. The standard InChI is InChI=1S/C28H21FN2O3/c1-17-30-26-14-22(13-25(28(32)33)27(26)31-17)20-9-7-19(8-10-20)21-11-23(29)15-24(12-21)34-16-18-5-3-2-4-6-18/h2-15H,16H2,1H3,(H,30,31)(H,32,33). The second-order valence-corrected chi connectivity index (χ2v) is 8.07. The average molecular weight is 452 g/mol. The number of ether oxygens (including phenoxy) is 1. The van der Waals surface area contributed by atoms with Crippen molar-refractivity contribution in [2.24, 2.45) is 0 Å². The van der Waals surface area contributed by atoms with Gasteiger partial charge in [0.25, 0.3) is 0 Å². The molecule has 168 valence electrons. The first-order valence-corrected chi connectivity index (χ1v) is 10.8. The predicted molar refractivity (Wildman–Crippen MR) is 129 cm³/mol. The van der Waals surface area contributed by atoms with Crippen LogP contribution in [0.5, 0.6) is 5.75 Å². The molecule has 5 rings (SSSR count). The van der Waals surface area contributed by atoms with E-state index in [2.05, 4.69) is 9.97 Å². The van der Waals surface area contributed by atoms with Crippen LogP contribution in [0.4, 0.5) is 4.39 Å². The van der Waals surface area contributed by atoms with Crippen LogP contribution in [0.25, 0.3) is 33.3 Å². The quantitative estimate of drug-likeness (QED) is 0.304. The molecule has 0 bridgehead atoms. The Bertz CT molecular complexity index is 1490. The maximum atomic E-state index is 14.3. The van der Waals surface area contributed by atoms with Crippen LogP contribution in [0.15, 0.2) is 84.9 Å². The van der Waals surface area contributed by atoms with Crippen molar-refractivity contribution in [3.05, 3.63) is 108 Å². The van der Waals surface area contributed by atoms with Crippen molar-refractivity contribution in [1.82, 2.24) is 9.97 Å². The van der Waals surface area contributed by atoms with E-state index in [1.807, 2.05) is 66.7 Å². The minimum Gasteiger partial charge on any atom is -0.489 e. The highest BCUT2D eigenvalue weighted by Gasteiger charge is 2.15. The highest BCUT2D eigenvalue weighted by molar-refractivity contribution is 6.03. The van der Waals surface area contributed by atoms with Crippen LogP contribution in [0.1, 0.15) is 21.7 Å². The molecular formula is C28H21FN2O3. The van der Waals surface area contributed by atoms with Gasteiger partial charge < -0.3 is 14.8 Å². The van der Waals surface area contributed by atoms with E-state index in [4.69, 9.17) is 4.74 Å². The monoisotopic (exact) mass is 452 g/mol. The molecule has 6 heteroatoms. The van der Waals surface area contributed by atoms with E-state index in [-0.39, 0.29) is 11.4 Å². The number of nitrogens with one attached hydrogen (secondary N) is 1. The molecule has 0 radical (unpaired) electrons. The Kier molecular flexibility index (Phi) is 5.55. The van der Waals surface area contributed by atoms with Gasteiger partial charge in [0.15, 0.2) is 0 Å². The first-order valence-electron chi connectivity index (χ1n) is 10.8. The van der Waals surface area contributed by atoms with E-state index in [1.54, 1.807) is 13.0 Å². The largest absolute Gasteiger partial charge is 0.489 e. The normalized spacial score (nSPS) is 11.0. The minimum absolute atomic E-state index is 0.145. The zero-order valence-corrected chi connectivity index (χ0v) is 18.4. The fourth-order valence-electron chi connectivity index (χ4n) is 3.98. The molecular weight excluding hydrogens is 431 g/mol. The number of benzene rings is 4. The van der Waals surface area contributed by atoms with Gasteiger partial charge in [0.1, 0.15) is 29.5 Å². The number of aromatic carboxylic acids is 1. The molecule has 0 aliphatic carbocycles. The van der Waals surface area contributed by atoms with Crippen LogP contribution in [0, 0.1) is 12.7 Å². The van der Waals surface area contributed by atoms with Crippen molar-refractivity contribution in [3.63, 3.8) is 0 Å². The van der Waals surface area contributed by atoms with Gasteiger partial charge in [0.05, 0.1) is 11.1 Å². The lowest BCUT2D eigenvalue weighted by molar-refractivity contribution is 0.0699. The van der Waals surface area contributed by atoms with E-state index >= 15 is 0 Å². The summed E-state index contributed by atoms with van der Waals surface area (Å²) in [7, 11) is 0. The number of H-pyrrole nitrogens is 1. The lowest BCUT2D eigenvalue weighted by atomic mass is 9.98. The highest BCUT2D eigenvalue weighted by atomic mass is 19.1. The number of hydrogen-bond donors (Lipinski definition) is 2. The second-order valence-electron chi connectivity index (χ2n) is 8.07. The summed E-state index contributed by atoms with van der Waals surface area (Å²) in [5.41, 5.74) is 5.37. The molecule has 0 spiro atoms. The van der Waals surface area contributed by atoms with E-state index < -0.39 is 5.97 Å².